The van der Waals surface area contributed by atoms with Crippen LogP contribution in [0.25, 0.3) is 0 Å². The average Bonchev–Trinajstić information content (AvgIpc) is 2.32. The first-order chi connectivity index (χ1) is 8.54. The topological polar surface area (TPSA) is 55.6 Å². The predicted molar refractivity (Wildman–Crippen MR) is 73.4 cm³/mol. The molecule has 1 rings (SSSR count). The molecule has 0 saturated carbocycles. The lowest BCUT2D eigenvalue weighted by molar-refractivity contribution is -0.134. The van der Waals surface area contributed by atoms with Crippen LogP contribution in [0.4, 0.5) is 5.69 Å². The highest BCUT2D eigenvalue weighted by Gasteiger charge is 2.15. The maximum absolute atomic E-state index is 12.0. The van der Waals surface area contributed by atoms with Gasteiger partial charge < -0.3 is 15.4 Å². The van der Waals surface area contributed by atoms with Gasteiger partial charge in [-0.3, -0.25) is 4.79 Å². The first kappa shape index (κ1) is 14.1. The third-order valence-corrected chi connectivity index (χ3v) is 2.49. The van der Waals surface area contributed by atoms with Gasteiger partial charge in [-0.25, -0.2) is 0 Å². The molecule has 0 aliphatic carbocycles. The highest BCUT2D eigenvalue weighted by Crippen LogP contribution is 2.14. The lowest BCUT2D eigenvalue weighted by Gasteiger charge is -2.25. The van der Waals surface area contributed by atoms with Gasteiger partial charge in [-0.15, -0.1) is 6.58 Å². The van der Waals surface area contributed by atoms with Crippen LogP contribution < -0.4 is 10.5 Å². The number of anilines is 1. The van der Waals surface area contributed by atoms with E-state index in [9.17, 15) is 4.79 Å². The number of benzene rings is 1. The summed E-state index contributed by atoms with van der Waals surface area (Å²) in [7, 11) is 0. The first-order valence-corrected chi connectivity index (χ1v) is 5.93. The number of nitrogens with zero attached hydrogens (tertiary/aromatic N) is 1. The fraction of sp³-hybridized carbons (Fsp3) is 0.357. The molecule has 1 aromatic carbocycles. The number of rotatable bonds is 6. The van der Waals surface area contributed by atoms with Crippen LogP contribution >= 0.6 is 0 Å². The van der Waals surface area contributed by atoms with Crippen LogP contribution in [-0.2, 0) is 4.79 Å². The van der Waals surface area contributed by atoms with Gasteiger partial charge in [-0.05, 0) is 26.0 Å². The van der Waals surface area contributed by atoms with Crippen molar-refractivity contribution >= 4 is 11.6 Å². The number of carbonyl (C=O) groups is 1. The standard InChI is InChI=1S/C14H20N2O2/c1-4-8-16(11(2)3)14(17)10-18-13-7-5-6-12(15)9-13/h4-7,9,11H,1,8,10,15H2,2-3H3. The molecule has 0 atom stereocenters. The molecule has 0 bridgehead atoms. The minimum absolute atomic E-state index is 0.00940. The molecule has 0 aromatic heterocycles. The number of hydrogen-bond acceptors (Lipinski definition) is 3. The van der Waals surface area contributed by atoms with Crippen LogP contribution in [0.2, 0.25) is 0 Å². The minimum Gasteiger partial charge on any atom is -0.484 e. The Morgan fingerprint density at radius 2 is 2.28 bits per heavy atom. The van der Waals surface area contributed by atoms with Crippen molar-refractivity contribution in [2.24, 2.45) is 0 Å². The van der Waals surface area contributed by atoms with Crippen molar-refractivity contribution in [3.05, 3.63) is 36.9 Å². The summed E-state index contributed by atoms with van der Waals surface area (Å²) in [4.78, 5) is 13.7. The fourth-order valence-corrected chi connectivity index (χ4v) is 1.57. The van der Waals surface area contributed by atoms with E-state index in [1.165, 1.54) is 0 Å². The number of amides is 1. The van der Waals surface area contributed by atoms with Crippen molar-refractivity contribution < 1.29 is 9.53 Å². The predicted octanol–water partition coefficient (Wildman–Crippen LogP) is 2.07. The number of carbonyl (C=O) groups excluding carboxylic acids is 1. The first-order valence-electron chi connectivity index (χ1n) is 5.93. The molecule has 1 amide bonds. The van der Waals surface area contributed by atoms with Gasteiger partial charge in [0.2, 0.25) is 0 Å². The third-order valence-electron chi connectivity index (χ3n) is 2.49. The monoisotopic (exact) mass is 248 g/mol. The molecule has 0 fully saturated rings. The van der Waals surface area contributed by atoms with Gasteiger partial charge in [0.1, 0.15) is 5.75 Å². The van der Waals surface area contributed by atoms with Crippen molar-refractivity contribution in [3.8, 4) is 5.75 Å². The molecule has 18 heavy (non-hydrogen) atoms. The Hall–Kier alpha value is -1.97. The summed E-state index contributed by atoms with van der Waals surface area (Å²) in [5.41, 5.74) is 6.25. The van der Waals surface area contributed by atoms with Crippen LogP contribution in [0, 0.1) is 0 Å². The van der Waals surface area contributed by atoms with Crippen LogP contribution in [0.5, 0.6) is 5.75 Å². The maximum atomic E-state index is 12.0. The highest BCUT2D eigenvalue weighted by molar-refractivity contribution is 5.78. The van der Waals surface area contributed by atoms with E-state index in [0.717, 1.165) is 0 Å². The second-order valence-electron chi connectivity index (χ2n) is 4.29. The molecule has 2 N–H and O–H groups in total. The fourth-order valence-electron chi connectivity index (χ4n) is 1.57. The Morgan fingerprint density at radius 1 is 1.56 bits per heavy atom. The number of nitrogen functional groups attached to an aromatic ring is 1. The molecule has 4 nitrogen and oxygen atoms in total. The molecule has 0 aliphatic rings. The van der Waals surface area contributed by atoms with Crippen molar-refractivity contribution in [3.63, 3.8) is 0 Å². The van der Waals surface area contributed by atoms with Crippen LogP contribution in [0.1, 0.15) is 13.8 Å². The van der Waals surface area contributed by atoms with Crippen LogP contribution in [-0.4, -0.2) is 30.0 Å². The summed E-state index contributed by atoms with van der Waals surface area (Å²) in [6.07, 6.45) is 1.71. The normalized spacial score (nSPS) is 10.2. The van der Waals surface area contributed by atoms with Crippen LogP contribution in [0.3, 0.4) is 0 Å². The number of ether oxygens (including phenoxy) is 1. The second kappa shape index (κ2) is 6.69. The van der Waals surface area contributed by atoms with E-state index in [1.54, 1.807) is 35.2 Å². The van der Waals surface area contributed by atoms with Gasteiger partial charge in [0, 0.05) is 24.3 Å². The van der Waals surface area contributed by atoms with E-state index in [2.05, 4.69) is 6.58 Å². The van der Waals surface area contributed by atoms with Crippen molar-refractivity contribution in [1.29, 1.82) is 0 Å². The molecule has 0 heterocycles. The molecular weight excluding hydrogens is 228 g/mol. The average molecular weight is 248 g/mol. The summed E-state index contributed by atoms with van der Waals surface area (Å²) in [5, 5.41) is 0. The van der Waals surface area contributed by atoms with E-state index < -0.39 is 0 Å². The van der Waals surface area contributed by atoms with Gasteiger partial charge >= 0.3 is 0 Å². The van der Waals surface area contributed by atoms with E-state index in [-0.39, 0.29) is 18.6 Å². The lowest BCUT2D eigenvalue weighted by Crippen LogP contribution is -2.40. The maximum Gasteiger partial charge on any atom is 0.261 e. The van der Waals surface area contributed by atoms with Gasteiger partial charge in [-0.1, -0.05) is 12.1 Å². The molecule has 0 aliphatic heterocycles. The Labute approximate surface area is 108 Å². The Kier molecular flexibility index (Phi) is 5.24. The Balaban J connectivity index is 2.56. The summed E-state index contributed by atoms with van der Waals surface area (Å²) in [6, 6.07) is 7.16. The van der Waals surface area contributed by atoms with E-state index in [1.807, 2.05) is 13.8 Å². The largest absolute Gasteiger partial charge is 0.484 e. The zero-order chi connectivity index (χ0) is 13.5. The number of hydrogen-bond donors (Lipinski definition) is 1. The van der Waals surface area contributed by atoms with Crippen molar-refractivity contribution in [2.75, 3.05) is 18.9 Å². The van der Waals surface area contributed by atoms with Gasteiger partial charge in [0.05, 0.1) is 0 Å². The molecule has 4 heteroatoms. The van der Waals surface area contributed by atoms with E-state index in [0.29, 0.717) is 18.0 Å². The molecule has 0 radical (unpaired) electrons. The molecule has 1 aromatic rings. The lowest BCUT2D eigenvalue weighted by atomic mass is 10.3. The quantitative estimate of drug-likeness (QED) is 0.619. The third kappa shape index (κ3) is 4.13. The molecule has 0 spiro atoms. The van der Waals surface area contributed by atoms with Crippen molar-refractivity contribution in [1.82, 2.24) is 4.90 Å². The van der Waals surface area contributed by atoms with Gasteiger partial charge in [0.15, 0.2) is 6.61 Å². The number of nitrogens with two attached hydrogens (primary N) is 1. The van der Waals surface area contributed by atoms with E-state index in [4.69, 9.17) is 10.5 Å². The molecular formula is C14H20N2O2. The smallest absolute Gasteiger partial charge is 0.261 e. The van der Waals surface area contributed by atoms with Crippen LogP contribution in [0.15, 0.2) is 36.9 Å². The Morgan fingerprint density at radius 3 is 2.83 bits per heavy atom. The van der Waals surface area contributed by atoms with Gasteiger partial charge in [-0.2, -0.15) is 0 Å². The summed E-state index contributed by atoms with van der Waals surface area (Å²) in [6.45, 7) is 8.10. The van der Waals surface area contributed by atoms with E-state index >= 15 is 0 Å². The van der Waals surface area contributed by atoms with Gasteiger partial charge in [0.25, 0.3) is 5.91 Å². The minimum atomic E-state index is -0.0627. The zero-order valence-corrected chi connectivity index (χ0v) is 10.9. The van der Waals surface area contributed by atoms with Crippen molar-refractivity contribution in [2.45, 2.75) is 19.9 Å². The summed E-state index contributed by atoms with van der Waals surface area (Å²) >= 11 is 0. The SMILES string of the molecule is C=CCN(C(=O)COc1cccc(N)c1)C(C)C. The molecule has 0 saturated heterocycles. The summed E-state index contributed by atoms with van der Waals surface area (Å²) < 4.78 is 5.42. The molecule has 0 unspecified atom stereocenters. The second-order valence-corrected chi connectivity index (χ2v) is 4.29. The highest BCUT2D eigenvalue weighted by atomic mass is 16.5. The zero-order valence-electron chi connectivity index (χ0n) is 10.9. The Bertz CT molecular complexity index is 416. The molecule has 98 valence electrons. The summed E-state index contributed by atoms with van der Waals surface area (Å²) in [5.74, 6) is 0.540.